The summed E-state index contributed by atoms with van der Waals surface area (Å²) in [5.41, 5.74) is 1.96. The molecule has 0 radical (unpaired) electrons. The van der Waals surface area contributed by atoms with E-state index in [1.54, 1.807) is 12.1 Å². The zero-order valence-corrected chi connectivity index (χ0v) is 13.9. The minimum atomic E-state index is -0.448. The summed E-state index contributed by atoms with van der Waals surface area (Å²) in [7, 11) is 4.33. The van der Waals surface area contributed by atoms with E-state index in [1.165, 1.54) is 27.4 Å². The van der Waals surface area contributed by atoms with Gasteiger partial charge in [-0.25, -0.2) is 4.90 Å². The fraction of sp³-hybridized carbons (Fsp3) is 0.222. The van der Waals surface area contributed by atoms with Crippen molar-refractivity contribution in [3.05, 3.63) is 47.0 Å². The Kier molecular flexibility index (Phi) is 3.89. The zero-order chi connectivity index (χ0) is 17.4. The predicted molar refractivity (Wildman–Crippen MR) is 88.4 cm³/mol. The zero-order valence-electron chi connectivity index (χ0n) is 13.9. The minimum absolute atomic E-state index is 0.181. The maximum Gasteiger partial charge on any atom is 0.270 e. The summed E-state index contributed by atoms with van der Waals surface area (Å²) < 4.78 is 15.9. The van der Waals surface area contributed by atoms with Crippen molar-refractivity contribution in [3.63, 3.8) is 0 Å². The summed E-state index contributed by atoms with van der Waals surface area (Å²) in [6.07, 6.45) is 0. The van der Waals surface area contributed by atoms with Crippen LogP contribution in [0.5, 0.6) is 17.2 Å². The Labute approximate surface area is 139 Å². The van der Waals surface area contributed by atoms with Gasteiger partial charge < -0.3 is 14.2 Å². The number of carbonyl (C=O) groups is 2. The Bertz CT molecular complexity index is 826. The summed E-state index contributed by atoms with van der Waals surface area (Å²) in [4.78, 5) is 26.8. The number of aryl methyl sites for hydroxylation is 1. The molecular formula is C18H17NO5. The number of hydrogen-bond donors (Lipinski definition) is 0. The molecule has 0 fully saturated rings. The van der Waals surface area contributed by atoms with Crippen LogP contribution in [0.4, 0.5) is 5.69 Å². The van der Waals surface area contributed by atoms with Gasteiger partial charge in [0.25, 0.3) is 11.8 Å². The highest BCUT2D eigenvalue weighted by atomic mass is 16.5. The first-order valence-corrected chi connectivity index (χ1v) is 7.31. The molecule has 24 heavy (non-hydrogen) atoms. The number of imide groups is 1. The summed E-state index contributed by atoms with van der Waals surface area (Å²) in [6, 6.07) is 8.66. The molecule has 1 aliphatic rings. The van der Waals surface area contributed by atoms with Crippen LogP contribution in [0.3, 0.4) is 0 Å². The van der Waals surface area contributed by atoms with Crippen molar-refractivity contribution in [1.82, 2.24) is 0 Å². The molecule has 0 N–H and O–H groups in total. The molecule has 2 aromatic rings. The van der Waals surface area contributed by atoms with Crippen molar-refractivity contribution < 1.29 is 23.8 Å². The fourth-order valence-corrected chi connectivity index (χ4v) is 2.79. The summed E-state index contributed by atoms with van der Waals surface area (Å²) in [5, 5.41) is 0. The largest absolute Gasteiger partial charge is 0.493 e. The normalized spacial score (nSPS) is 13.1. The van der Waals surface area contributed by atoms with E-state index < -0.39 is 11.8 Å². The van der Waals surface area contributed by atoms with E-state index in [0.717, 1.165) is 10.5 Å². The van der Waals surface area contributed by atoms with Crippen LogP contribution >= 0.6 is 0 Å². The molecule has 1 heterocycles. The van der Waals surface area contributed by atoms with E-state index in [-0.39, 0.29) is 22.6 Å². The molecule has 0 atom stereocenters. The topological polar surface area (TPSA) is 65.1 Å². The number of rotatable bonds is 4. The standard InChI is InChI=1S/C18H17NO5/c1-10-5-7-11(8-6-10)19-17(20)12-9-13(22-2)15(23-3)16(24-4)14(12)18(19)21/h5-9H,1-4H3. The van der Waals surface area contributed by atoms with Crippen LogP contribution in [0.2, 0.25) is 0 Å². The smallest absolute Gasteiger partial charge is 0.270 e. The van der Waals surface area contributed by atoms with E-state index in [4.69, 9.17) is 14.2 Å². The van der Waals surface area contributed by atoms with Gasteiger partial charge in [0.05, 0.1) is 38.1 Å². The minimum Gasteiger partial charge on any atom is -0.493 e. The average molecular weight is 327 g/mol. The lowest BCUT2D eigenvalue weighted by Gasteiger charge is -2.15. The first-order chi connectivity index (χ1) is 11.5. The molecular weight excluding hydrogens is 310 g/mol. The second-order valence-electron chi connectivity index (χ2n) is 5.35. The molecule has 0 spiro atoms. The van der Waals surface area contributed by atoms with Crippen LogP contribution in [0.15, 0.2) is 30.3 Å². The van der Waals surface area contributed by atoms with Gasteiger partial charge in [-0.05, 0) is 25.1 Å². The lowest BCUT2D eigenvalue weighted by atomic mass is 10.1. The third kappa shape index (κ3) is 2.19. The molecule has 2 aromatic carbocycles. The van der Waals surface area contributed by atoms with Crippen molar-refractivity contribution in [2.45, 2.75) is 6.92 Å². The Morgan fingerprint density at radius 1 is 0.833 bits per heavy atom. The van der Waals surface area contributed by atoms with E-state index in [2.05, 4.69) is 0 Å². The molecule has 6 nitrogen and oxygen atoms in total. The first-order valence-electron chi connectivity index (χ1n) is 7.31. The van der Waals surface area contributed by atoms with Gasteiger partial charge in [0.2, 0.25) is 5.75 Å². The second kappa shape index (κ2) is 5.88. The summed E-state index contributed by atoms with van der Waals surface area (Å²) in [6.45, 7) is 1.94. The van der Waals surface area contributed by atoms with Crippen molar-refractivity contribution in [3.8, 4) is 17.2 Å². The fourth-order valence-electron chi connectivity index (χ4n) is 2.79. The van der Waals surface area contributed by atoms with Crippen molar-refractivity contribution in [2.24, 2.45) is 0 Å². The Balaban J connectivity index is 2.20. The molecule has 3 rings (SSSR count). The molecule has 1 aliphatic heterocycles. The Morgan fingerprint density at radius 3 is 2.00 bits per heavy atom. The molecule has 0 unspecified atom stereocenters. The molecule has 0 saturated carbocycles. The predicted octanol–water partition coefficient (Wildman–Crippen LogP) is 2.82. The SMILES string of the molecule is COc1cc2c(c(OC)c1OC)C(=O)N(c1ccc(C)cc1)C2=O. The van der Waals surface area contributed by atoms with Gasteiger partial charge in [0, 0.05) is 0 Å². The van der Waals surface area contributed by atoms with E-state index >= 15 is 0 Å². The van der Waals surface area contributed by atoms with Gasteiger partial charge in [-0.1, -0.05) is 17.7 Å². The highest BCUT2D eigenvalue weighted by molar-refractivity contribution is 6.35. The van der Waals surface area contributed by atoms with Gasteiger partial charge in [0.15, 0.2) is 11.5 Å². The molecule has 0 saturated heterocycles. The van der Waals surface area contributed by atoms with Crippen molar-refractivity contribution >= 4 is 17.5 Å². The number of methoxy groups -OCH3 is 3. The van der Waals surface area contributed by atoms with Gasteiger partial charge in [-0.3, -0.25) is 9.59 Å². The van der Waals surface area contributed by atoms with Gasteiger partial charge in [-0.15, -0.1) is 0 Å². The van der Waals surface area contributed by atoms with Crippen LogP contribution < -0.4 is 19.1 Å². The quantitative estimate of drug-likeness (QED) is 0.808. The number of fused-ring (bicyclic) bond motifs is 1. The maximum atomic E-state index is 12.9. The summed E-state index contributed by atoms with van der Waals surface area (Å²) in [5.74, 6) is -0.0553. The highest BCUT2D eigenvalue weighted by Gasteiger charge is 2.41. The monoisotopic (exact) mass is 327 g/mol. The first kappa shape index (κ1) is 15.9. The molecule has 0 aromatic heterocycles. The maximum absolute atomic E-state index is 12.9. The molecule has 0 aliphatic carbocycles. The number of benzene rings is 2. The van der Waals surface area contributed by atoms with Gasteiger partial charge in [-0.2, -0.15) is 0 Å². The van der Waals surface area contributed by atoms with Crippen molar-refractivity contribution in [1.29, 1.82) is 0 Å². The summed E-state index contributed by atoms with van der Waals surface area (Å²) >= 11 is 0. The molecule has 6 heteroatoms. The van der Waals surface area contributed by atoms with Crippen molar-refractivity contribution in [2.75, 3.05) is 26.2 Å². The third-order valence-corrected chi connectivity index (χ3v) is 3.97. The lowest BCUT2D eigenvalue weighted by molar-refractivity contribution is 0.0925. The van der Waals surface area contributed by atoms with E-state index in [9.17, 15) is 9.59 Å². The lowest BCUT2D eigenvalue weighted by Crippen LogP contribution is -2.29. The molecule has 2 amide bonds. The Morgan fingerprint density at radius 2 is 1.46 bits per heavy atom. The number of amides is 2. The number of anilines is 1. The second-order valence-corrected chi connectivity index (χ2v) is 5.35. The average Bonchev–Trinajstić information content (AvgIpc) is 2.84. The Hall–Kier alpha value is -3.02. The van der Waals surface area contributed by atoms with Gasteiger partial charge in [0.1, 0.15) is 0 Å². The van der Waals surface area contributed by atoms with Crippen LogP contribution in [-0.4, -0.2) is 33.1 Å². The molecule has 124 valence electrons. The molecule has 0 bridgehead atoms. The number of ether oxygens (including phenoxy) is 3. The number of nitrogens with zero attached hydrogens (tertiary/aromatic N) is 1. The van der Waals surface area contributed by atoms with Crippen LogP contribution in [0.1, 0.15) is 26.3 Å². The van der Waals surface area contributed by atoms with Gasteiger partial charge >= 0.3 is 0 Å². The third-order valence-electron chi connectivity index (χ3n) is 3.97. The van der Waals surface area contributed by atoms with Crippen LogP contribution in [-0.2, 0) is 0 Å². The van der Waals surface area contributed by atoms with E-state index in [0.29, 0.717) is 11.4 Å². The highest BCUT2D eigenvalue weighted by Crippen LogP contribution is 2.45. The van der Waals surface area contributed by atoms with Crippen LogP contribution in [0, 0.1) is 6.92 Å². The van der Waals surface area contributed by atoms with E-state index in [1.807, 2.05) is 19.1 Å². The number of carbonyl (C=O) groups excluding carboxylic acids is 2. The number of hydrogen-bond acceptors (Lipinski definition) is 5. The van der Waals surface area contributed by atoms with Crippen LogP contribution in [0.25, 0.3) is 0 Å².